The van der Waals surface area contributed by atoms with Crippen LogP contribution in [-0.2, 0) is 23.9 Å². The smallest absolute Gasteiger partial charge is 0.328 e. The van der Waals surface area contributed by atoms with E-state index in [4.69, 9.17) is 14.9 Å². The number of amides is 2. The fourth-order valence-electron chi connectivity index (χ4n) is 5.38. The van der Waals surface area contributed by atoms with Crippen LogP contribution in [0, 0.1) is 0 Å². The third kappa shape index (κ3) is 33.7. The van der Waals surface area contributed by atoms with Crippen molar-refractivity contribution in [3.63, 3.8) is 0 Å². The number of aliphatic hydroxyl groups excluding tert-OH is 1. The normalized spacial score (nSPS) is 13.0. The summed E-state index contributed by atoms with van der Waals surface area (Å²) in [6.07, 6.45) is 41.6. The second-order valence-electron chi connectivity index (χ2n) is 13.4. The summed E-state index contributed by atoms with van der Waals surface area (Å²) < 4.78 is 5.86. The Morgan fingerprint density at radius 1 is 0.608 bits per heavy atom. The van der Waals surface area contributed by atoms with E-state index in [2.05, 4.69) is 67.0 Å². The summed E-state index contributed by atoms with van der Waals surface area (Å²) in [6, 6.07) is -1.39. The summed E-state index contributed by atoms with van der Waals surface area (Å²) in [5, 5.41) is 22.5. The van der Waals surface area contributed by atoms with Crippen LogP contribution in [0.25, 0.3) is 0 Å². The molecule has 0 heterocycles. The summed E-state index contributed by atoms with van der Waals surface area (Å²) in [4.78, 5) is 47.4. The Bertz CT molecular complexity index is 1010. The first kappa shape index (κ1) is 47.8. The van der Waals surface area contributed by atoms with Gasteiger partial charge in [0.25, 0.3) is 0 Å². The molecule has 0 aliphatic rings. The van der Waals surface area contributed by atoms with Gasteiger partial charge in [0, 0.05) is 12.8 Å². The van der Waals surface area contributed by atoms with Crippen molar-refractivity contribution >= 4 is 23.8 Å². The lowest BCUT2D eigenvalue weighted by atomic mass is 10.1. The van der Waals surface area contributed by atoms with E-state index >= 15 is 0 Å². The fraction of sp³-hybridized carbons (Fsp3) is 0.714. The summed E-state index contributed by atoms with van der Waals surface area (Å²) in [5.74, 6) is -2.44. The molecule has 0 aromatic heterocycles. The van der Waals surface area contributed by atoms with Crippen LogP contribution in [0.5, 0.6) is 0 Å². The molecule has 0 aliphatic carbocycles. The molecule has 0 aromatic carbocycles. The van der Waals surface area contributed by atoms with E-state index in [-0.39, 0.29) is 30.9 Å². The predicted molar refractivity (Wildman–Crippen MR) is 208 cm³/mol. The van der Waals surface area contributed by atoms with Crippen LogP contribution in [0.15, 0.2) is 48.6 Å². The van der Waals surface area contributed by atoms with Crippen LogP contribution in [0.3, 0.4) is 0 Å². The summed E-state index contributed by atoms with van der Waals surface area (Å²) in [5.41, 5.74) is 0. The van der Waals surface area contributed by atoms with Crippen LogP contribution in [0.4, 0.5) is 0 Å². The standard InChI is InChI=1S/C42H72N2O7/c1-3-5-7-9-11-12-13-14-15-16-17-18-19-20-22-24-30-34-41(48)51-37(31-27-23-21-10-8-6-4-2)32-28-25-26-29-33-39(46)43-35-40(47)44-38(36-45)42(49)50/h10-12,14-15,21,27,31,37-38,45H,3-9,13,16-20,22-26,28-30,32-36H2,1-2H3,(H,43,46)(H,44,47)(H,49,50)/b12-11-,15-14-,21-10-,31-27-. The number of rotatable bonds is 35. The molecular formula is C42H72N2O7. The van der Waals surface area contributed by atoms with E-state index < -0.39 is 24.5 Å². The number of carboxylic acids is 1. The monoisotopic (exact) mass is 717 g/mol. The van der Waals surface area contributed by atoms with Crippen LogP contribution >= 0.6 is 0 Å². The maximum absolute atomic E-state index is 12.7. The maximum Gasteiger partial charge on any atom is 0.328 e. The molecule has 0 aromatic rings. The summed E-state index contributed by atoms with van der Waals surface area (Å²) >= 11 is 0. The molecule has 0 fully saturated rings. The molecular weight excluding hydrogens is 644 g/mol. The van der Waals surface area contributed by atoms with Crippen molar-refractivity contribution in [1.82, 2.24) is 10.6 Å². The Kier molecular flexibility index (Phi) is 34.3. The van der Waals surface area contributed by atoms with Gasteiger partial charge in [0.1, 0.15) is 12.1 Å². The molecule has 9 nitrogen and oxygen atoms in total. The molecule has 0 saturated heterocycles. The van der Waals surface area contributed by atoms with Gasteiger partial charge in [-0.3, -0.25) is 14.4 Å². The Morgan fingerprint density at radius 2 is 1.14 bits per heavy atom. The third-order valence-electron chi connectivity index (χ3n) is 8.53. The van der Waals surface area contributed by atoms with Crippen molar-refractivity contribution in [3.8, 4) is 0 Å². The highest BCUT2D eigenvalue weighted by Gasteiger charge is 2.18. The second kappa shape index (κ2) is 36.6. The van der Waals surface area contributed by atoms with Gasteiger partial charge in [-0.05, 0) is 76.7 Å². The number of esters is 1. The highest BCUT2D eigenvalue weighted by molar-refractivity contribution is 5.87. The minimum Gasteiger partial charge on any atom is -0.480 e. The van der Waals surface area contributed by atoms with Crippen LogP contribution in [-0.4, -0.2) is 59.3 Å². The quantitative estimate of drug-likeness (QED) is 0.0291. The van der Waals surface area contributed by atoms with Gasteiger partial charge in [-0.1, -0.05) is 127 Å². The van der Waals surface area contributed by atoms with Crippen molar-refractivity contribution < 1.29 is 34.1 Å². The lowest BCUT2D eigenvalue weighted by Gasteiger charge is -2.15. The summed E-state index contributed by atoms with van der Waals surface area (Å²) in [7, 11) is 0. The van der Waals surface area contributed by atoms with Gasteiger partial charge in [-0.15, -0.1) is 0 Å². The number of allylic oxidation sites excluding steroid dienone is 7. The zero-order valence-corrected chi connectivity index (χ0v) is 32.1. The maximum atomic E-state index is 12.7. The lowest BCUT2D eigenvalue weighted by Crippen LogP contribution is -2.47. The molecule has 9 heteroatoms. The number of carboxylic acid groups (broad SMARTS) is 1. The van der Waals surface area contributed by atoms with Crippen LogP contribution in [0.1, 0.15) is 168 Å². The number of ether oxygens (including phenoxy) is 1. The molecule has 2 atom stereocenters. The summed E-state index contributed by atoms with van der Waals surface area (Å²) in [6.45, 7) is 3.35. The Balaban J connectivity index is 4.25. The largest absolute Gasteiger partial charge is 0.480 e. The molecule has 0 saturated carbocycles. The number of carbonyl (C=O) groups excluding carboxylic acids is 3. The molecule has 4 N–H and O–H groups in total. The van der Waals surface area contributed by atoms with Crippen molar-refractivity contribution in [2.24, 2.45) is 0 Å². The lowest BCUT2D eigenvalue weighted by molar-refractivity contribution is -0.147. The number of aliphatic carboxylic acids is 1. The number of hydrogen-bond acceptors (Lipinski definition) is 6. The van der Waals surface area contributed by atoms with Gasteiger partial charge < -0.3 is 25.6 Å². The van der Waals surface area contributed by atoms with Gasteiger partial charge in [-0.25, -0.2) is 4.79 Å². The molecule has 2 amide bonds. The number of carbonyl (C=O) groups is 4. The highest BCUT2D eigenvalue weighted by Crippen LogP contribution is 2.15. The van der Waals surface area contributed by atoms with Crippen LogP contribution in [0.2, 0.25) is 0 Å². The SMILES string of the molecule is CCCC/C=C\C/C=C\C(CCCCCCC(=O)NCC(=O)NC(CO)C(=O)O)OC(=O)CCCCCCCCC/C=C\C/C=C\CCCCC. The zero-order valence-electron chi connectivity index (χ0n) is 32.1. The van der Waals surface area contributed by atoms with E-state index in [0.717, 1.165) is 70.6 Å². The minimum absolute atomic E-state index is 0.139. The number of hydrogen-bond donors (Lipinski definition) is 4. The average Bonchev–Trinajstić information content (AvgIpc) is 3.11. The fourth-order valence-corrected chi connectivity index (χ4v) is 5.38. The molecule has 0 rings (SSSR count). The van der Waals surface area contributed by atoms with Crippen molar-refractivity contribution in [2.75, 3.05) is 13.2 Å². The van der Waals surface area contributed by atoms with Gasteiger partial charge >= 0.3 is 11.9 Å². The van der Waals surface area contributed by atoms with E-state index in [1.165, 1.54) is 64.2 Å². The van der Waals surface area contributed by atoms with Gasteiger partial charge in [0.05, 0.1) is 13.2 Å². The first-order valence-corrected chi connectivity index (χ1v) is 20.0. The van der Waals surface area contributed by atoms with E-state index in [9.17, 15) is 19.2 Å². The van der Waals surface area contributed by atoms with Crippen molar-refractivity contribution in [3.05, 3.63) is 48.6 Å². The zero-order chi connectivity index (χ0) is 37.6. The Morgan fingerprint density at radius 3 is 1.75 bits per heavy atom. The molecule has 0 spiro atoms. The van der Waals surface area contributed by atoms with E-state index in [1.54, 1.807) is 0 Å². The van der Waals surface area contributed by atoms with E-state index in [1.807, 2.05) is 6.08 Å². The second-order valence-corrected chi connectivity index (χ2v) is 13.4. The first-order chi connectivity index (χ1) is 24.8. The number of nitrogens with one attached hydrogen (secondary N) is 2. The van der Waals surface area contributed by atoms with Crippen molar-refractivity contribution in [1.29, 1.82) is 0 Å². The Labute approximate surface area is 309 Å². The van der Waals surface area contributed by atoms with Gasteiger partial charge in [0.2, 0.25) is 11.8 Å². The van der Waals surface area contributed by atoms with Crippen molar-refractivity contribution in [2.45, 2.75) is 180 Å². The Hall–Kier alpha value is -3.20. The average molecular weight is 717 g/mol. The molecule has 0 bridgehead atoms. The first-order valence-electron chi connectivity index (χ1n) is 20.0. The molecule has 0 aliphatic heterocycles. The minimum atomic E-state index is -1.39. The molecule has 51 heavy (non-hydrogen) atoms. The molecule has 2 unspecified atom stereocenters. The van der Waals surface area contributed by atoms with Gasteiger partial charge in [-0.2, -0.15) is 0 Å². The topological polar surface area (TPSA) is 142 Å². The third-order valence-corrected chi connectivity index (χ3v) is 8.53. The van der Waals surface area contributed by atoms with E-state index in [0.29, 0.717) is 12.8 Å². The number of unbranched alkanes of at least 4 members (excludes halogenated alkanes) is 15. The predicted octanol–water partition coefficient (Wildman–Crippen LogP) is 9.20. The molecule has 292 valence electrons. The number of aliphatic hydroxyl groups is 1. The van der Waals surface area contributed by atoms with Crippen LogP contribution < -0.4 is 10.6 Å². The highest BCUT2D eigenvalue weighted by atomic mass is 16.5. The molecule has 0 radical (unpaired) electrons. The van der Waals surface area contributed by atoms with Gasteiger partial charge in [0.15, 0.2) is 0 Å².